The van der Waals surface area contributed by atoms with Gasteiger partial charge >= 0.3 is 0 Å². The first kappa shape index (κ1) is 38.3. The van der Waals surface area contributed by atoms with Crippen molar-refractivity contribution < 1.29 is 38.6 Å². The molecule has 1 saturated carbocycles. The zero-order chi connectivity index (χ0) is 45.8. The van der Waals surface area contributed by atoms with E-state index in [4.69, 9.17) is 9.47 Å². The summed E-state index contributed by atoms with van der Waals surface area (Å²) in [6, 6.07) is 6.54. The topological polar surface area (TPSA) is 160 Å². The van der Waals surface area contributed by atoms with E-state index < -0.39 is 73.4 Å². The Balaban J connectivity index is 1.16. The molecular formula is C52H54N6O8. The van der Waals surface area contributed by atoms with Crippen molar-refractivity contribution in [3.8, 4) is 11.5 Å². The van der Waals surface area contributed by atoms with Gasteiger partial charge in [0.05, 0.1) is 28.2 Å². The second-order valence-corrected chi connectivity index (χ2v) is 24.2. The minimum Gasteiger partial charge on any atom is -0.618 e. The third kappa shape index (κ3) is 3.39. The Labute approximate surface area is 381 Å². The Morgan fingerprint density at radius 3 is 2.09 bits per heavy atom. The van der Waals surface area contributed by atoms with Gasteiger partial charge in [0.25, 0.3) is 5.91 Å². The monoisotopic (exact) mass is 890 g/mol. The molecule has 2 N–H and O–H groups in total. The zero-order valence-electron chi connectivity index (χ0n) is 38.6. The van der Waals surface area contributed by atoms with Crippen molar-refractivity contribution in [3.05, 3.63) is 69.6 Å². The molecule has 2 aliphatic carbocycles. The van der Waals surface area contributed by atoms with E-state index in [-0.39, 0.29) is 23.6 Å². The van der Waals surface area contributed by atoms with Crippen molar-refractivity contribution in [2.45, 2.75) is 150 Å². The number of hydrogen-bond acceptors (Lipinski definition) is 8. The molecule has 4 amide bonds. The largest absolute Gasteiger partial charge is 0.618 e. The van der Waals surface area contributed by atoms with Gasteiger partial charge in [-0.25, -0.2) is 0 Å². The summed E-state index contributed by atoms with van der Waals surface area (Å²) >= 11 is 0. The number of fused-ring (bicyclic) bond motifs is 10. The third-order valence-electron chi connectivity index (χ3n) is 20.0. The van der Waals surface area contributed by atoms with Crippen LogP contribution >= 0.6 is 0 Å². The van der Waals surface area contributed by atoms with Crippen LogP contribution in [0.25, 0.3) is 23.1 Å². The van der Waals surface area contributed by atoms with E-state index >= 15 is 24.4 Å². The van der Waals surface area contributed by atoms with Crippen molar-refractivity contribution in [3.63, 3.8) is 0 Å². The van der Waals surface area contributed by atoms with Crippen LogP contribution in [0.2, 0.25) is 0 Å². The average Bonchev–Trinajstić information content (AvgIpc) is 4.05. The number of carbonyl (C=O) groups is 4. The van der Waals surface area contributed by atoms with Gasteiger partial charge in [-0.2, -0.15) is 9.47 Å². The lowest BCUT2D eigenvalue weighted by molar-refractivity contribution is -0.367. The highest BCUT2D eigenvalue weighted by Crippen LogP contribution is 2.81. The van der Waals surface area contributed by atoms with E-state index in [1.807, 2.05) is 86.1 Å². The molecule has 17 rings (SSSR count). The predicted octanol–water partition coefficient (Wildman–Crippen LogP) is 5.79. The molecule has 340 valence electrons. The van der Waals surface area contributed by atoms with Crippen LogP contribution in [0.3, 0.4) is 0 Å². The van der Waals surface area contributed by atoms with Crippen LogP contribution < -0.4 is 14.8 Å². The Morgan fingerprint density at radius 2 is 1.38 bits per heavy atom. The second-order valence-electron chi connectivity index (χ2n) is 24.2. The van der Waals surface area contributed by atoms with E-state index in [1.54, 1.807) is 4.90 Å². The lowest BCUT2D eigenvalue weighted by atomic mass is 9.39. The average molecular weight is 891 g/mol. The third-order valence-corrected chi connectivity index (χ3v) is 20.0. The molecular weight excluding hydrogens is 837 g/mol. The van der Waals surface area contributed by atoms with Crippen molar-refractivity contribution in [1.82, 2.24) is 24.7 Å². The number of aromatic nitrogens is 1. The summed E-state index contributed by atoms with van der Waals surface area (Å²) in [7, 11) is 0. The number of piperazine rings is 2. The van der Waals surface area contributed by atoms with E-state index in [9.17, 15) is 5.21 Å². The summed E-state index contributed by atoms with van der Waals surface area (Å²) in [5.41, 5.74) is -6.07. The van der Waals surface area contributed by atoms with Crippen molar-refractivity contribution in [2.75, 3.05) is 13.1 Å². The van der Waals surface area contributed by atoms with Crippen LogP contribution in [0.15, 0.2) is 36.4 Å². The number of carbonyl (C=O) groups excluding carboxylic acids is 4. The second kappa shape index (κ2) is 10.4. The molecule has 1 unspecified atom stereocenters. The van der Waals surface area contributed by atoms with Crippen molar-refractivity contribution in [2.24, 2.45) is 17.3 Å². The van der Waals surface area contributed by atoms with Crippen molar-refractivity contribution in [1.29, 1.82) is 0 Å². The summed E-state index contributed by atoms with van der Waals surface area (Å²) in [4.78, 5) is 70.5. The minimum absolute atomic E-state index is 0.176. The molecule has 14 aliphatic rings. The van der Waals surface area contributed by atoms with E-state index in [0.29, 0.717) is 113 Å². The summed E-state index contributed by atoms with van der Waals surface area (Å²) in [6.45, 7) is 17.0. The maximum atomic E-state index is 16.8. The van der Waals surface area contributed by atoms with Gasteiger partial charge in [0.2, 0.25) is 23.4 Å². The first-order valence-corrected chi connectivity index (χ1v) is 24.1. The molecule has 0 radical (unpaired) electrons. The molecule has 14 nitrogen and oxygen atoms in total. The fourth-order valence-electron chi connectivity index (χ4n) is 18.0. The molecule has 12 aliphatic heterocycles. The lowest BCUT2D eigenvalue weighted by Gasteiger charge is -2.70. The molecule has 2 aromatic carbocycles. The Kier molecular flexibility index (Phi) is 6.01. The van der Waals surface area contributed by atoms with E-state index in [2.05, 4.69) is 33.0 Å². The number of nitrogens with zero attached hydrogens (tertiary/aromatic N) is 5. The van der Waals surface area contributed by atoms with Crippen molar-refractivity contribution >= 4 is 58.1 Å². The summed E-state index contributed by atoms with van der Waals surface area (Å²) < 4.78 is 15.5. The number of nitrogens with one attached hydrogen (secondary N) is 1. The van der Waals surface area contributed by atoms with Crippen LogP contribution in [-0.4, -0.2) is 111 Å². The normalized spacial score (nSPS) is 40.5. The molecule has 13 heterocycles. The maximum absolute atomic E-state index is 16.8. The van der Waals surface area contributed by atoms with Crippen LogP contribution in [0.5, 0.6) is 11.5 Å². The van der Waals surface area contributed by atoms with Crippen LogP contribution in [0, 0.1) is 22.5 Å². The van der Waals surface area contributed by atoms with Gasteiger partial charge in [0, 0.05) is 52.8 Å². The van der Waals surface area contributed by atoms with Crippen LogP contribution in [0.1, 0.15) is 128 Å². The standard InChI is InChI=1S/C52H54N6O8/c1-44(2)19-15-25-29(65-44)13-11-27-33-36-50-28-12-14-30-26(16-20-45(3,4)66-30)35(28)58(64)38(50)47(7,8)31-23-48-17-9-21-54(48)42(61)51(31,53-40(48)59)39(50)56-41(60)49-18-10-22-55(49)43(62)52(36,56)32(24-49)46(5,6)37(33)57(63)34(25)27/h11-16,19-20,31-32,36,39,63H,9-10,17-18,21-24H2,1-8H3,(H,53,59)/t31-,32-,36+,39-,48?,49-,50-,51+,52+/m0/s1. The summed E-state index contributed by atoms with van der Waals surface area (Å²) in [5, 5.41) is 33.8. The van der Waals surface area contributed by atoms with Crippen LogP contribution in [0.4, 0.5) is 5.69 Å². The van der Waals surface area contributed by atoms with Gasteiger partial charge in [-0.3, -0.25) is 19.2 Å². The van der Waals surface area contributed by atoms with Gasteiger partial charge in [-0.15, -0.1) is 0 Å². The number of hydrogen-bond donors (Lipinski definition) is 2. The highest BCUT2D eigenvalue weighted by atomic mass is 16.5. The number of piperidine rings is 4. The number of rotatable bonds is 0. The quantitative estimate of drug-likeness (QED) is 0.163. The van der Waals surface area contributed by atoms with Gasteiger partial charge in [-0.1, -0.05) is 13.8 Å². The summed E-state index contributed by atoms with van der Waals surface area (Å²) in [5.74, 6) is -1.92. The fraction of sp³-hybridized carbons (Fsp3) is 0.558. The molecule has 9 atom stereocenters. The molecule has 3 aromatic rings. The van der Waals surface area contributed by atoms with Crippen LogP contribution in [-0.2, 0) is 30.0 Å². The van der Waals surface area contributed by atoms with E-state index in [0.717, 1.165) is 4.74 Å². The number of benzene rings is 2. The smallest absolute Gasteiger partial charge is 0.251 e. The highest BCUT2D eigenvalue weighted by molar-refractivity contribution is 6.18. The van der Waals surface area contributed by atoms with Gasteiger partial charge in [0.15, 0.2) is 5.71 Å². The molecule has 66 heavy (non-hydrogen) atoms. The number of amides is 4. The first-order chi connectivity index (χ1) is 31.1. The molecule has 5 spiro atoms. The Morgan fingerprint density at radius 1 is 0.758 bits per heavy atom. The van der Waals surface area contributed by atoms with Gasteiger partial charge < -0.3 is 39.9 Å². The maximum Gasteiger partial charge on any atom is 0.251 e. The minimum atomic E-state index is -1.73. The van der Waals surface area contributed by atoms with Gasteiger partial charge in [0.1, 0.15) is 50.3 Å². The lowest BCUT2D eigenvalue weighted by Crippen LogP contribution is -2.93. The Bertz CT molecular complexity index is 3140. The van der Waals surface area contributed by atoms with E-state index in [1.165, 1.54) is 4.73 Å². The highest BCUT2D eigenvalue weighted by Gasteiger charge is 2.95. The molecule has 10 fully saturated rings. The zero-order valence-corrected chi connectivity index (χ0v) is 38.6. The summed E-state index contributed by atoms with van der Waals surface area (Å²) in [6.07, 6.45) is 10.8. The molecule has 1 aromatic heterocycles. The molecule has 4 bridgehead atoms. The molecule has 9 saturated heterocycles. The predicted molar refractivity (Wildman–Crippen MR) is 240 cm³/mol. The fourth-order valence-corrected chi connectivity index (χ4v) is 18.0. The number of ether oxygens (including phenoxy) is 2. The SMILES string of the molecule is CC1(C)C=Cc2c(ccc3c2[N+]([O-])=C2C(C)(C)[C@@H]4CC56CCCN5C(=O)[C@]4(NC6=O)[C@H]4N5C(=O)[C@@]67CCCN6C(=O)[C@@]56[C@H](c5c(n(O)c8c9c(ccc58)OC(C)(C)C=C9)C(C)(C)[C@@H]6C7)[C@]234)O1. The van der Waals surface area contributed by atoms with Gasteiger partial charge in [-0.05, 0) is 134 Å². The molecule has 14 heteroatoms. The Hall–Kier alpha value is -5.79. The first-order valence-electron chi connectivity index (χ1n) is 24.1.